The summed E-state index contributed by atoms with van der Waals surface area (Å²) in [4.78, 5) is 0. The molecule has 1 aliphatic heterocycles. The quantitative estimate of drug-likeness (QED) is 0.789. The van der Waals surface area contributed by atoms with Crippen molar-refractivity contribution in [2.24, 2.45) is 5.41 Å². The van der Waals surface area contributed by atoms with Crippen LogP contribution in [0, 0.1) is 17.0 Å². The molecular weight excluding hydrogens is 220 g/mol. The van der Waals surface area contributed by atoms with E-state index in [0.717, 1.165) is 25.6 Å². The Kier molecular flexibility index (Phi) is 3.29. The number of hydrogen-bond acceptors (Lipinski definition) is 1. The smallest absolute Gasteiger partial charge is 0.166 e. The first kappa shape index (κ1) is 12.2. The summed E-state index contributed by atoms with van der Waals surface area (Å²) in [5.74, 6) is -1.54. The number of hydrogen-bond donors (Lipinski definition) is 1. The van der Waals surface area contributed by atoms with Gasteiger partial charge in [0.2, 0.25) is 0 Å². The Morgan fingerprint density at radius 1 is 1.29 bits per heavy atom. The van der Waals surface area contributed by atoms with Gasteiger partial charge in [0.05, 0.1) is 0 Å². The highest BCUT2D eigenvalue weighted by Gasteiger charge is 2.26. The van der Waals surface area contributed by atoms with Crippen LogP contribution in [-0.2, 0) is 0 Å². The van der Waals surface area contributed by atoms with Gasteiger partial charge in [0.15, 0.2) is 11.6 Å². The van der Waals surface area contributed by atoms with E-state index in [9.17, 15) is 8.78 Å². The second-order valence-electron chi connectivity index (χ2n) is 5.12. The maximum Gasteiger partial charge on any atom is 0.166 e. The molecule has 1 nitrogen and oxygen atoms in total. The summed E-state index contributed by atoms with van der Waals surface area (Å²) in [6.45, 7) is 5.99. The van der Waals surface area contributed by atoms with E-state index in [1.54, 1.807) is 18.2 Å². The third-order valence-electron chi connectivity index (χ3n) is 3.32. The second-order valence-corrected chi connectivity index (χ2v) is 5.12. The van der Waals surface area contributed by atoms with E-state index >= 15 is 0 Å². The standard InChI is InChI=1S/C14H17F2N/c1-14(2)9-17-7-6-11(14)8-10-4-3-5-12(15)13(10)16/h3-5,8,17H,6-7,9H2,1-2H3/b11-8+. The Balaban J connectivity index is 2.38. The van der Waals surface area contributed by atoms with Crippen LogP contribution < -0.4 is 5.32 Å². The van der Waals surface area contributed by atoms with Crippen molar-refractivity contribution in [3.8, 4) is 0 Å². The maximum atomic E-state index is 13.6. The van der Waals surface area contributed by atoms with Gasteiger partial charge in [-0.05, 0) is 24.4 Å². The molecule has 1 N–H and O–H groups in total. The van der Waals surface area contributed by atoms with Crippen molar-refractivity contribution in [3.05, 3.63) is 41.0 Å². The molecule has 3 heteroatoms. The van der Waals surface area contributed by atoms with Gasteiger partial charge in [-0.2, -0.15) is 0 Å². The molecule has 0 aliphatic carbocycles. The van der Waals surface area contributed by atoms with E-state index in [1.165, 1.54) is 5.57 Å². The summed E-state index contributed by atoms with van der Waals surface area (Å²) in [7, 11) is 0. The number of piperidine rings is 1. The lowest BCUT2D eigenvalue weighted by atomic mass is 9.79. The zero-order chi connectivity index (χ0) is 12.5. The zero-order valence-corrected chi connectivity index (χ0v) is 10.2. The molecule has 0 saturated carbocycles. The molecule has 0 unspecified atom stereocenters. The normalized spacial score (nSPS) is 21.8. The number of rotatable bonds is 1. The van der Waals surface area contributed by atoms with Crippen LogP contribution in [0.4, 0.5) is 8.78 Å². The van der Waals surface area contributed by atoms with Gasteiger partial charge in [0.1, 0.15) is 0 Å². The number of nitrogens with one attached hydrogen (secondary N) is 1. The van der Waals surface area contributed by atoms with E-state index in [-0.39, 0.29) is 5.41 Å². The van der Waals surface area contributed by atoms with E-state index in [4.69, 9.17) is 0 Å². The van der Waals surface area contributed by atoms with Crippen LogP contribution in [0.5, 0.6) is 0 Å². The van der Waals surface area contributed by atoms with Gasteiger partial charge in [-0.1, -0.05) is 37.6 Å². The minimum Gasteiger partial charge on any atom is -0.316 e. The van der Waals surface area contributed by atoms with Crippen LogP contribution >= 0.6 is 0 Å². The van der Waals surface area contributed by atoms with Gasteiger partial charge in [-0.15, -0.1) is 0 Å². The molecule has 1 aliphatic rings. The fourth-order valence-corrected chi connectivity index (χ4v) is 2.16. The second kappa shape index (κ2) is 4.57. The van der Waals surface area contributed by atoms with Gasteiger partial charge in [-0.3, -0.25) is 0 Å². The summed E-state index contributed by atoms with van der Waals surface area (Å²) in [6, 6.07) is 4.30. The predicted molar refractivity (Wildman–Crippen MR) is 65.6 cm³/mol. The minimum atomic E-state index is -0.786. The fraction of sp³-hybridized carbons (Fsp3) is 0.429. The first-order valence-corrected chi connectivity index (χ1v) is 5.86. The van der Waals surface area contributed by atoms with Crippen molar-refractivity contribution >= 4 is 6.08 Å². The van der Waals surface area contributed by atoms with Gasteiger partial charge in [-0.25, -0.2) is 8.78 Å². The third-order valence-corrected chi connectivity index (χ3v) is 3.32. The largest absolute Gasteiger partial charge is 0.316 e. The van der Waals surface area contributed by atoms with Crippen LogP contribution in [-0.4, -0.2) is 13.1 Å². The number of halogens is 2. The lowest BCUT2D eigenvalue weighted by molar-refractivity contribution is 0.360. The van der Waals surface area contributed by atoms with Crippen molar-refractivity contribution in [1.82, 2.24) is 5.32 Å². The van der Waals surface area contributed by atoms with Crippen LogP contribution in [0.1, 0.15) is 25.8 Å². The highest BCUT2D eigenvalue weighted by Crippen LogP contribution is 2.32. The van der Waals surface area contributed by atoms with E-state index in [1.807, 2.05) is 0 Å². The molecule has 0 atom stereocenters. The average molecular weight is 237 g/mol. The van der Waals surface area contributed by atoms with Crippen LogP contribution in [0.3, 0.4) is 0 Å². The lowest BCUT2D eigenvalue weighted by Crippen LogP contribution is -2.37. The summed E-state index contributed by atoms with van der Waals surface area (Å²) in [5.41, 5.74) is 1.51. The van der Waals surface area contributed by atoms with E-state index < -0.39 is 11.6 Å². The van der Waals surface area contributed by atoms with Crippen LogP contribution in [0.25, 0.3) is 6.08 Å². The highest BCUT2D eigenvalue weighted by atomic mass is 19.2. The molecule has 0 radical (unpaired) electrons. The fourth-order valence-electron chi connectivity index (χ4n) is 2.16. The molecule has 17 heavy (non-hydrogen) atoms. The van der Waals surface area contributed by atoms with Gasteiger partial charge >= 0.3 is 0 Å². The summed E-state index contributed by atoms with van der Waals surface area (Å²) in [6.07, 6.45) is 2.67. The molecule has 1 aromatic carbocycles. The van der Waals surface area contributed by atoms with Gasteiger partial charge < -0.3 is 5.32 Å². The monoisotopic (exact) mass is 237 g/mol. The van der Waals surface area contributed by atoms with Gasteiger partial charge in [0, 0.05) is 12.1 Å². The molecule has 0 bridgehead atoms. The van der Waals surface area contributed by atoms with Crippen molar-refractivity contribution < 1.29 is 8.78 Å². The van der Waals surface area contributed by atoms with Crippen LogP contribution in [0.2, 0.25) is 0 Å². The van der Waals surface area contributed by atoms with Crippen molar-refractivity contribution in [3.63, 3.8) is 0 Å². The Morgan fingerprint density at radius 2 is 2.06 bits per heavy atom. The molecule has 2 rings (SSSR count). The molecule has 1 fully saturated rings. The summed E-state index contributed by atoms with van der Waals surface area (Å²) >= 11 is 0. The topological polar surface area (TPSA) is 12.0 Å². The summed E-state index contributed by atoms with van der Waals surface area (Å²) in [5, 5.41) is 3.31. The Labute approximate surface area is 101 Å². The SMILES string of the molecule is CC1(C)CNCC/C1=C\c1cccc(F)c1F. The van der Waals surface area contributed by atoms with Crippen molar-refractivity contribution in [2.75, 3.05) is 13.1 Å². The lowest BCUT2D eigenvalue weighted by Gasteiger charge is -2.33. The summed E-state index contributed by atoms with van der Waals surface area (Å²) < 4.78 is 26.7. The van der Waals surface area contributed by atoms with Gasteiger partial charge in [0.25, 0.3) is 0 Å². The van der Waals surface area contributed by atoms with Crippen LogP contribution in [0.15, 0.2) is 23.8 Å². The molecule has 1 heterocycles. The Hall–Kier alpha value is -1.22. The number of benzene rings is 1. The molecule has 0 aromatic heterocycles. The van der Waals surface area contributed by atoms with Crippen molar-refractivity contribution in [2.45, 2.75) is 20.3 Å². The first-order valence-electron chi connectivity index (χ1n) is 5.86. The molecule has 1 saturated heterocycles. The Morgan fingerprint density at radius 3 is 2.76 bits per heavy atom. The third kappa shape index (κ3) is 2.55. The Bertz CT molecular complexity index is 450. The average Bonchev–Trinajstić information content (AvgIpc) is 2.27. The molecule has 0 spiro atoms. The molecular formula is C14H17F2N. The minimum absolute atomic E-state index is 0.00297. The highest BCUT2D eigenvalue weighted by molar-refractivity contribution is 5.55. The molecule has 0 amide bonds. The molecule has 92 valence electrons. The van der Waals surface area contributed by atoms with E-state index in [2.05, 4.69) is 19.2 Å². The van der Waals surface area contributed by atoms with Crippen molar-refractivity contribution in [1.29, 1.82) is 0 Å². The maximum absolute atomic E-state index is 13.6. The molecule has 1 aromatic rings. The predicted octanol–water partition coefficient (Wildman–Crippen LogP) is 3.37. The first-order chi connectivity index (χ1) is 8.00. The van der Waals surface area contributed by atoms with E-state index in [0.29, 0.717) is 5.56 Å². The zero-order valence-electron chi connectivity index (χ0n) is 10.2.